The number of rotatable bonds is 6. The molecule has 3 fully saturated rings. The highest BCUT2D eigenvalue weighted by Crippen LogP contribution is 2.43. The molecule has 3 atom stereocenters. The summed E-state index contributed by atoms with van der Waals surface area (Å²) in [6.45, 7) is 1.61. The van der Waals surface area contributed by atoms with E-state index < -0.39 is 0 Å². The molecule has 42 heavy (non-hydrogen) atoms. The first-order valence-corrected chi connectivity index (χ1v) is 15.3. The number of nitrogens with two attached hydrogens (primary N) is 1. The maximum Gasteiger partial charge on any atom is 0.254 e. The topological polar surface area (TPSA) is 128 Å². The van der Waals surface area contributed by atoms with Gasteiger partial charge in [-0.3, -0.25) is 4.79 Å². The third-order valence-electron chi connectivity index (χ3n) is 9.37. The minimum atomic E-state index is -0.00282. The van der Waals surface area contributed by atoms with Crippen LogP contribution in [0.2, 0.25) is 0 Å². The standard InChI is InChI=1S/C31H30N8O2S/c1-37-29-21(7-18(8-24(29)41-2)31(40)39-14-17-5-6-22(39)27(17)33)36-30(37)23-9-25-28(38(23)13-16-3-4-16)20(15-42-25)19-11-34-26(10-32)35-12-19/h7-9,11-12,15-17,22,27H,3-6,13-14,33H2,1-2H3/t17-,22-,27-/m1/s1. The first kappa shape index (κ1) is 25.4. The van der Waals surface area contributed by atoms with E-state index in [9.17, 15) is 4.79 Å². The molecule has 0 unspecified atom stereocenters. The molecule has 3 aliphatic rings. The van der Waals surface area contributed by atoms with Crippen molar-refractivity contribution in [1.82, 2.24) is 29.0 Å². The molecule has 1 aliphatic heterocycles. The van der Waals surface area contributed by atoms with Crippen molar-refractivity contribution >= 4 is 38.5 Å². The van der Waals surface area contributed by atoms with Crippen LogP contribution in [0.1, 0.15) is 41.9 Å². The van der Waals surface area contributed by atoms with Gasteiger partial charge in [-0.15, -0.1) is 11.3 Å². The van der Waals surface area contributed by atoms with Crippen molar-refractivity contribution in [3.8, 4) is 34.5 Å². The molecule has 8 rings (SSSR count). The average Bonchev–Trinajstić information content (AvgIpc) is 3.25. The van der Waals surface area contributed by atoms with E-state index in [1.54, 1.807) is 30.8 Å². The van der Waals surface area contributed by atoms with E-state index in [2.05, 4.69) is 30.5 Å². The molecule has 1 amide bonds. The van der Waals surface area contributed by atoms with Crippen molar-refractivity contribution in [1.29, 1.82) is 5.26 Å². The van der Waals surface area contributed by atoms with Crippen molar-refractivity contribution < 1.29 is 9.53 Å². The number of ether oxygens (including phenoxy) is 1. The molecule has 212 valence electrons. The van der Waals surface area contributed by atoms with Gasteiger partial charge in [0.05, 0.1) is 28.5 Å². The number of aromatic nitrogens is 5. The molecule has 0 radical (unpaired) electrons. The molecule has 0 spiro atoms. The Balaban J connectivity index is 1.25. The highest BCUT2D eigenvalue weighted by Gasteiger charge is 2.47. The molecule has 1 aromatic carbocycles. The summed E-state index contributed by atoms with van der Waals surface area (Å²) in [6.07, 6.45) is 7.93. The van der Waals surface area contributed by atoms with Crippen molar-refractivity contribution in [2.75, 3.05) is 13.7 Å². The third-order valence-corrected chi connectivity index (χ3v) is 10.3. The number of amides is 1. The number of benzene rings is 1. The lowest BCUT2D eigenvalue weighted by Gasteiger charge is -2.27. The van der Waals surface area contributed by atoms with Crippen LogP contribution in [-0.2, 0) is 13.6 Å². The van der Waals surface area contributed by atoms with E-state index >= 15 is 0 Å². The van der Waals surface area contributed by atoms with E-state index in [0.29, 0.717) is 23.1 Å². The molecule has 2 saturated carbocycles. The number of carbonyl (C=O) groups is 1. The number of hydrogen-bond donors (Lipinski definition) is 1. The Bertz CT molecular complexity index is 1930. The maximum absolute atomic E-state index is 13.7. The average molecular weight is 579 g/mol. The van der Waals surface area contributed by atoms with Crippen LogP contribution in [0.5, 0.6) is 5.75 Å². The number of aryl methyl sites for hydroxylation is 1. The zero-order valence-electron chi connectivity index (χ0n) is 23.4. The Hall–Kier alpha value is -4.27. The minimum Gasteiger partial charge on any atom is -0.494 e. The lowest BCUT2D eigenvalue weighted by atomic mass is 10.1. The molecule has 10 nitrogen and oxygen atoms in total. The second-order valence-electron chi connectivity index (χ2n) is 11.8. The van der Waals surface area contributed by atoms with Crippen LogP contribution in [0.3, 0.4) is 0 Å². The fourth-order valence-electron chi connectivity index (χ4n) is 7.00. The van der Waals surface area contributed by atoms with Gasteiger partial charge in [-0.25, -0.2) is 15.0 Å². The van der Waals surface area contributed by atoms with Crippen LogP contribution in [0.25, 0.3) is 43.9 Å². The second kappa shape index (κ2) is 9.37. The summed E-state index contributed by atoms with van der Waals surface area (Å²) >= 11 is 1.68. The zero-order valence-corrected chi connectivity index (χ0v) is 24.3. The van der Waals surface area contributed by atoms with E-state index in [1.165, 1.54) is 12.8 Å². The smallest absolute Gasteiger partial charge is 0.254 e. The number of carbonyl (C=O) groups excluding carboxylic acids is 1. The van der Waals surface area contributed by atoms with Gasteiger partial charge in [0.1, 0.15) is 17.3 Å². The SMILES string of the molecule is COc1cc(C(=O)N2C[C@H]3CC[C@@H]2[C@@H]3N)cc2nc(-c3cc4scc(-c5cnc(C#N)nc5)c4n3CC3CC3)n(C)c12. The van der Waals surface area contributed by atoms with E-state index in [0.717, 1.165) is 69.8 Å². The van der Waals surface area contributed by atoms with Gasteiger partial charge in [0.15, 0.2) is 5.82 Å². The molecule has 4 aromatic heterocycles. The fourth-order valence-corrected chi connectivity index (χ4v) is 8.00. The monoisotopic (exact) mass is 578 g/mol. The number of likely N-dealkylation sites (tertiary alicyclic amines) is 1. The number of imidazole rings is 1. The third kappa shape index (κ3) is 3.78. The fraction of sp³-hybridized carbons (Fsp3) is 0.387. The normalized spacial score (nSPS) is 21.5. The van der Waals surface area contributed by atoms with Crippen LogP contribution in [0.15, 0.2) is 36.0 Å². The van der Waals surface area contributed by atoms with E-state index in [4.69, 9.17) is 20.7 Å². The largest absolute Gasteiger partial charge is 0.494 e. The van der Waals surface area contributed by atoms with Gasteiger partial charge in [0.2, 0.25) is 5.82 Å². The summed E-state index contributed by atoms with van der Waals surface area (Å²) in [4.78, 5) is 29.2. The van der Waals surface area contributed by atoms with Gasteiger partial charge in [-0.1, -0.05) is 0 Å². The lowest BCUT2D eigenvalue weighted by Crippen LogP contribution is -2.41. The van der Waals surface area contributed by atoms with Crippen LogP contribution >= 0.6 is 11.3 Å². The van der Waals surface area contributed by atoms with Crippen molar-refractivity contribution in [3.05, 3.63) is 47.4 Å². The quantitative estimate of drug-likeness (QED) is 0.313. The van der Waals surface area contributed by atoms with Gasteiger partial charge in [0.25, 0.3) is 5.91 Å². The van der Waals surface area contributed by atoms with Gasteiger partial charge < -0.3 is 24.5 Å². The van der Waals surface area contributed by atoms with Gasteiger partial charge in [-0.05, 0) is 55.7 Å². The lowest BCUT2D eigenvalue weighted by molar-refractivity contribution is 0.0700. The molecular weight excluding hydrogens is 548 g/mol. The maximum atomic E-state index is 13.7. The Morgan fingerprint density at radius 2 is 1.98 bits per heavy atom. The molecule has 2 bridgehead atoms. The number of thiophene rings is 1. The summed E-state index contributed by atoms with van der Waals surface area (Å²) in [5.74, 6) is 2.62. The highest BCUT2D eigenvalue weighted by molar-refractivity contribution is 7.17. The van der Waals surface area contributed by atoms with Crippen molar-refractivity contribution in [3.63, 3.8) is 0 Å². The second-order valence-corrected chi connectivity index (χ2v) is 12.7. The Morgan fingerprint density at radius 3 is 2.64 bits per heavy atom. The van der Waals surface area contributed by atoms with E-state index in [1.807, 2.05) is 30.1 Å². The molecule has 1 saturated heterocycles. The number of piperidine rings is 1. The Kier molecular flexibility index (Phi) is 5.68. The van der Waals surface area contributed by atoms with Gasteiger partial charge in [-0.2, -0.15) is 5.26 Å². The summed E-state index contributed by atoms with van der Waals surface area (Å²) in [7, 11) is 3.65. The number of nitriles is 1. The predicted molar refractivity (Wildman–Crippen MR) is 160 cm³/mol. The zero-order chi connectivity index (χ0) is 28.7. The van der Waals surface area contributed by atoms with Crippen molar-refractivity contribution in [2.45, 2.75) is 44.3 Å². The van der Waals surface area contributed by atoms with Gasteiger partial charge in [0, 0.05) is 66.7 Å². The number of fused-ring (bicyclic) bond motifs is 4. The van der Waals surface area contributed by atoms with Crippen molar-refractivity contribution in [2.24, 2.45) is 24.6 Å². The highest BCUT2D eigenvalue weighted by atomic mass is 32.1. The molecular formula is C31H30N8O2S. The summed E-state index contributed by atoms with van der Waals surface area (Å²) in [5, 5.41) is 11.3. The number of nitrogens with zero attached hydrogens (tertiary/aromatic N) is 7. The first-order valence-electron chi connectivity index (χ1n) is 14.4. The Labute approximate surface area is 246 Å². The summed E-state index contributed by atoms with van der Waals surface area (Å²) in [6, 6.07) is 8.12. The molecule has 2 aliphatic carbocycles. The predicted octanol–water partition coefficient (Wildman–Crippen LogP) is 4.57. The van der Waals surface area contributed by atoms with Crippen LogP contribution in [-0.4, -0.2) is 60.6 Å². The molecule has 5 aromatic rings. The Morgan fingerprint density at radius 1 is 1.17 bits per heavy atom. The van der Waals surface area contributed by atoms with Crippen LogP contribution < -0.4 is 10.5 Å². The van der Waals surface area contributed by atoms with Gasteiger partial charge >= 0.3 is 0 Å². The minimum absolute atomic E-state index is 0.00282. The summed E-state index contributed by atoms with van der Waals surface area (Å²) in [5.41, 5.74) is 12.7. The van der Waals surface area contributed by atoms with E-state index in [-0.39, 0.29) is 23.8 Å². The number of hydrogen-bond acceptors (Lipinski definition) is 8. The summed E-state index contributed by atoms with van der Waals surface area (Å²) < 4.78 is 11.4. The number of methoxy groups -OCH3 is 1. The molecule has 5 heterocycles. The van der Waals surface area contributed by atoms with Crippen LogP contribution in [0, 0.1) is 23.2 Å². The molecule has 11 heteroatoms. The first-order chi connectivity index (χ1) is 20.4. The van der Waals surface area contributed by atoms with Crippen LogP contribution in [0.4, 0.5) is 0 Å². The molecule has 2 N–H and O–H groups in total.